The van der Waals surface area contributed by atoms with Crippen LogP contribution in [0.4, 0.5) is 0 Å². The molecule has 1 unspecified atom stereocenters. The van der Waals surface area contributed by atoms with Gasteiger partial charge in [0.25, 0.3) is 0 Å². The monoisotopic (exact) mass is 232 g/mol. The van der Waals surface area contributed by atoms with Crippen LogP contribution in [0.1, 0.15) is 58.3 Å². The molecule has 0 aliphatic carbocycles. The van der Waals surface area contributed by atoms with E-state index in [4.69, 9.17) is 5.84 Å². The zero-order valence-electron chi connectivity index (χ0n) is 10.4. The van der Waals surface area contributed by atoms with E-state index < -0.39 is 0 Å². The first kappa shape index (κ1) is 15.3. The largest absolute Gasteiger partial charge is 0.271 e. The molecule has 0 rings (SSSR count). The average molecular weight is 232 g/mol. The summed E-state index contributed by atoms with van der Waals surface area (Å²) in [4.78, 5) is 0. The van der Waals surface area contributed by atoms with Crippen molar-refractivity contribution in [1.82, 2.24) is 5.43 Å². The second-order valence-electron chi connectivity index (χ2n) is 4.23. The Morgan fingerprint density at radius 1 is 1.07 bits per heavy atom. The molecule has 0 saturated carbocycles. The lowest BCUT2D eigenvalue weighted by atomic mass is 10.1. The van der Waals surface area contributed by atoms with Crippen molar-refractivity contribution >= 4 is 11.8 Å². The van der Waals surface area contributed by atoms with E-state index in [1.165, 1.54) is 51.4 Å². The Morgan fingerprint density at radius 2 is 1.67 bits per heavy atom. The van der Waals surface area contributed by atoms with E-state index in [0.717, 1.165) is 5.75 Å². The SMILES string of the molecule is CCCCCCCCCC(CSC)NN. The maximum atomic E-state index is 5.48. The van der Waals surface area contributed by atoms with Crippen molar-refractivity contribution in [3.8, 4) is 0 Å². The molecule has 0 aliphatic rings. The molecule has 15 heavy (non-hydrogen) atoms. The lowest BCUT2D eigenvalue weighted by Gasteiger charge is -2.13. The molecule has 3 heteroatoms. The summed E-state index contributed by atoms with van der Waals surface area (Å²) in [7, 11) is 0. The molecule has 0 spiro atoms. The molecule has 2 nitrogen and oxygen atoms in total. The molecule has 0 aliphatic heterocycles. The molecule has 0 heterocycles. The van der Waals surface area contributed by atoms with Crippen LogP contribution in [-0.4, -0.2) is 18.1 Å². The van der Waals surface area contributed by atoms with Crippen molar-refractivity contribution in [3.63, 3.8) is 0 Å². The van der Waals surface area contributed by atoms with Gasteiger partial charge in [0, 0.05) is 11.8 Å². The highest BCUT2D eigenvalue weighted by Gasteiger charge is 2.04. The lowest BCUT2D eigenvalue weighted by Crippen LogP contribution is -2.36. The summed E-state index contributed by atoms with van der Waals surface area (Å²) in [6.07, 6.45) is 13.0. The molecule has 0 saturated heterocycles. The van der Waals surface area contributed by atoms with Crippen molar-refractivity contribution < 1.29 is 0 Å². The number of hydrogen-bond acceptors (Lipinski definition) is 3. The number of nitrogens with one attached hydrogen (secondary N) is 1. The Hall–Kier alpha value is 0.270. The maximum absolute atomic E-state index is 5.48. The zero-order chi connectivity index (χ0) is 11.4. The van der Waals surface area contributed by atoms with Crippen LogP contribution in [0.2, 0.25) is 0 Å². The minimum atomic E-state index is 0.510. The highest BCUT2D eigenvalue weighted by atomic mass is 32.2. The number of rotatable bonds is 11. The van der Waals surface area contributed by atoms with Gasteiger partial charge in [-0.2, -0.15) is 11.8 Å². The number of thioether (sulfide) groups is 1. The van der Waals surface area contributed by atoms with Gasteiger partial charge in [-0.3, -0.25) is 11.3 Å². The molecular weight excluding hydrogens is 204 g/mol. The highest BCUT2D eigenvalue weighted by molar-refractivity contribution is 7.98. The fraction of sp³-hybridized carbons (Fsp3) is 1.00. The van der Waals surface area contributed by atoms with Crippen molar-refractivity contribution in [1.29, 1.82) is 0 Å². The van der Waals surface area contributed by atoms with E-state index in [-0.39, 0.29) is 0 Å². The first-order valence-corrected chi connectivity index (χ1v) is 7.69. The quantitative estimate of drug-likeness (QED) is 0.326. The number of hydrazine groups is 1. The molecule has 0 aromatic carbocycles. The van der Waals surface area contributed by atoms with Gasteiger partial charge in [-0.05, 0) is 12.7 Å². The van der Waals surface area contributed by atoms with Gasteiger partial charge in [-0.1, -0.05) is 51.9 Å². The Balaban J connectivity index is 3.14. The van der Waals surface area contributed by atoms with Crippen LogP contribution in [0.3, 0.4) is 0 Å². The van der Waals surface area contributed by atoms with E-state index in [1.807, 2.05) is 11.8 Å². The van der Waals surface area contributed by atoms with E-state index in [2.05, 4.69) is 18.6 Å². The Bertz CT molecular complexity index is 120. The molecule has 0 aromatic rings. The van der Waals surface area contributed by atoms with E-state index in [0.29, 0.717) is 6.04 Å². The van der Waals surface area contributed by atoms with E-state index in [9.17, 15) is 0 Å². The lowest BCUT2D eigenvalue weighted by molar-refractivity contribution is 0.493. The highest BCUT2D eigenvalue weighted by Crippen LogP contribution is 2.11. The van der Waals surface area contributed by atoms with Crippen LogP contribution in [0.5, 0.6) is 0 Å². The summed E-state index contributed by atoms with van der Waals surface area (Å²) in [5.74, 6) is 6.61. The van der Waals surface area contributed by atoms with Crippen LogP contribution in [0.25, 0.3) is 0 Å². The first-order chi connectivity index (χ1) is 7.35. The van der Waals surface area contributed by atoms with Crippen molar-refractivity contribution in [2.75, 3.05) is 12.0 Å². The molecule has 92 valence electrons. The predicted molar refractivity (Wildman–Crippen MR) is 72.1 cm³/mol. The summed E-state index contributed by atoms with van der Waals surface area (Å²) in [6.45, 7) is 2.26. The Kier molecular flexibility index (Phi) is 12.6. The van der Waals surface area contributed by atoms with Crippen LogP contribution in [-0.2, 0) is 0 Å². The Labute approximate surface area is 99.7 Å². The molecule has 0 aromatic heterocycles. The maximum Gasteiger partial charge on any atom is 0.0301 e. The summed E-state index contributed by atoms with van der Waals surface area (Å²) in [5.41, 5.74) is 2.89. The molecule has 1 atom stereocenters. The smallest absolute Gasteiger partial charge is 0.0301 e. The van der Waals surface area contributed by atoms with Gasteiger partial charge in [0.05, 0.1) is 0 Å². The van der Waals surface area contributed by atoms with Gasteiger partial charge in [0.1, 0.15) is 0 Å². The number of unbranched alkanes of at least 4 members (excludes halogenated alkanes) is 6. The molecular formula is C12H28N2S. The minimum Gasteiger partial charge on any atom is -0.271 e. The van der Waals surface area contributed by atoms with Crippen molar-refractivity contribution in [3.05, 3.63) is 0 Å². The summed E-state index contributed by atoms with van der Waals surface area (Å²) < 4.78 is 0. The molecule has 3 N–H and O–H groups in total. The summed E-state index contributed by atoms with van der Waals surface area (Å²) in [5, 5.41) is 0. The van der Waals surface area contributed by atoms with Crippen molar-refractivity contribution in [2.24, 2.45) is 5.84 Å². The average Bonchev–Trinajstić information content (AvgIpc) is 2.26. The normalized spacial score (nSPS) is 13.0. The van der Waals surface area contributed by atoms with Gasteiger partial charge in [-0.15, -0.1) is 0 Å². The zero-order valence-corrected chi connectivity index (χ0v) is 11.2. The van der Waals surface area contributed by atoms with E-state index >= 15 is 0 Å². The summed E-state index contributed by atoms with van der Waals surface area (Å²) in [6, 6.07) is 0.510. The second-order valence-corrected chi connectivity index (χ2v) is 5.14. The predicted octanol–water partition coefficient (Wildman–Crippen LogP) is 3.32. The van der Waals surface area contributed by atoms with Gasteiger partial charge < -0.3 is 0 Å². The van der Waals surface area contributed by atoms with E-state index in [1.54, 1.807) is 0 Å². The first-order valence-electron chi connectivity index (χ1n) is 6.30. The number of hydrogen-bond donors (Lipinski definition) is 2. The number of nitrogens with two attached hydrogens (primary N) is 1. The van der Waals surface area contributed by atoms with Crippen molar-refractivity contribution in [2.45, 2.75) is 64.3 Å². The van der Waals surface area contributed by atoms with Gasteiger partial charge in [0.2, 0.25) is 0 Å². The fourth-order valence-electron chi connectivity index (χ4n) is 1.76. The van der Waals surface area contributed by atoms with Crippen LogP contribution in [0, 0.1) is 0 Å². The topological polar surface area (TPSA) is 38.0 Å². The van der Waals surface area contributed by atoms with Crippen LogP contribution < -0.4 is 11.3 Å². The third-order valence-corrected chi connectivity index (χ3v) is 3.50. The second kappa shape index (κ2) is 12.3. The minimum absolute atomic E-state index is 0.510. The van der Waals surface area contributed by atoms with Gasteiger partial charge in [-0.25, -0.2) is 0 Å². The molecule has 0 radical (unpaired) electrons. The fourth-order valence-corrected chi connectivity index (χ4v) is 2.43. The van der Waals surface area contributed by atoms with Crippen LogP contribution >= 0.6 is 11.8 Å². The van der Waals surface area contributed by atoms with Gasteiger partial charge >= 0.3 is 0 Å². The molecule has 0 fully saturated rings. The Morgan fingerprint density at radius 3 is 2.20 bits per heavy atom. The van der Waals surface area contributed by atoms with Crippen LogP contribution in [0.15, 0.2) is 0 Å². The molecule has 0 bridgehead atoms. The third kappa shape index (κ3) is 10.6. The third-order valence-electron chi connectivity index (χ3n) is 2.76. The van der Waals surface area contributed by atoms with Gasteiger partial charge in [0.15, 0.2) is 0 Å². The summed E-state index contributed by atoms with van der Waals surface area (Å²) >= 11 is 1.87. The molecule has 0 amide bonds. The standard InChI is InChI=1S/C12H28N2S/c1-3-4-5-6-7-8-9-10-12(14-13)11-15-2/h12,14H,3-11,13H2,1-2H3.